The van der Waals surface area contributed by atoms with Crippen molar-refractivity contribution in [1.29, 1.82) is 0 Å². The lowest BCUT2D eigenvalue weighted by Gasteiger charge is -2.40. The Morgan fingerprint density at radius 3 is 2.59 bits per heavy atom. The Hall–Kier alpha value is -3.06. The zero-order valence-electron chi connectivity index (χ0n) is 21.4. The fraction of sp³-hybridized carbons (Fsp3) is 0.367. The smallest absolute Gasteiger partial charge is 0.295 e. The Kier molecular flexibility index (Phi) is 9.83. The van der Waals surface area contributed by atoms with Gasteiger partial charge in [0.05, 0.1) is 7.11 Å². The van der Waals surface area contributed by atoms with Gasteiger partial charge in [-0.3, -0.25) is 0 Å². The Labute approximate surface area is 225 Å². The summed E-state index contributed by atoms with van der Waals surface area (Å²) in [4.78, 5) is 4.52. The number of para-hydroxylation sites is 3. The molecule has 37 heavy (non-hydrogen) atoms. The van der Waals surface area contributed by atoms with Gasteiger partial charge in [-0.15, -0.1) is 12.4 Å². The highest BCUT2D eigenvalue weighted by Gasteiger charge is 2.33. The molecule has 5 rings (SSSR count). The van der Waals surface area contributed by atoms with Crippen molar-refractivity contribution in [2.75, 3.05) is 25.5 Å². The van der Waals surface area contributed by atoms with E-state index in [1.807, 2.05) is 36.4 Å². The maximum atomic E-state index is 5.79. The Morgan fingerprint density at radius 2 is 1.76 bits per heavy atom. The summed E-state index contributed by atoms with van der Waals surface area (Å²) in [6.07, 6.45) is 4.60. The highest BCUT2D eigenvalue weighted by atomic mass is 35.5. The molecule has 3 unspecified atom stereocenters. The quantitative estimate of drug-likeness (QED) is 0.200. The fourth-order valence-electron chi connectivity index (χ4n) is 5.35. The van der Waals surface area contributed by atoms with Crippen LogP contribution in [-0.4, -0.2) is 31.2 Å². The van der Waals surface area contributed by atoms with Crippen LogP contribution in [0, 0.1) is 5.92 Å². The molecule has 2 heterocycles. The molecule has 1 fully saturated rings. The number of nitrogens with one attached hydrogen (secondary N) is 3. The van der Waals surface area contributed by atoms with Crippen molar-refractivity contribution in [3.8, 4) is 5.75 Å². The second-order valence-corrected chi connectivity index (χ2v) is 9.52. The molecular weight excluding hydrogens is 484 g/mol. The van der Waals surface area contributed by atoms with E-state index in [-0.39, 0.29) is 18.4 Å². The molecule has 1 aliphatic rings. The lowest BCUT2D eigenvalue weighted by molar-refractivity contribution is 0.201. The monoisotopic (exact) mass is 520 g/mol. The van der Waals surface area contributed by atoms with Crippen LogP contribution in [0.25, 0.3) is 11.1 Å². The highest BCUT2D eigenvalue weighted by Crippen LogP contribution is 2.32. The van der Waals surface area contributed by atoms with Gasteiger partial charge >= 0.3 is 0 Å². The largest absolute Gasteiger partial charge is 0.496 e. The summed E-state index contributed by atoms with van der Waals surface area (Å²) in [5.41, 5.74) is 4.26. The molecule has 0 amide bonds. The van der Waals surface area contributed by atoms with E-state index in [1.54, 1.807) is 7.11 Å². The van der Waals surface area contributed by atoms with Crippen LogP contribution >= 0.6 is 12.4 Å². The average Bonchev–Trinajstić information content (AvgIpc) is 3.35. The minimum atomic E-state index is 0. The molecule has 196 valence electrons. The van der Waals surface area contributed by atoms with Crippen molar-refractivity contribution in [2.24, 2.45) is 5.92 Å². The number of nitrogens with zero attached hydrogens (tertiary/aromatic N) is 1. The van der Waals surface area contributed by atoms with Gasteiger partial charge in [0, 0.05) is 30.7 Å². The first-order valence-electron chi connectivity index (χ1n) is 13.0. The summed E-state index contributed by atoms with van der Waals surface area (Å²) >= 11 is 0. The molecule has 3 atom stereocenters. The first-order valence-corrected chi connectivity index (χ1v) is 13.0. The van der Waals surface area contributed by atoms with Crippen LogP contribution in [0.15, 0.2) is 83.3 Å². The van der Waals surface area contributed by atoms with Crippen molar-refractivity contribution in [2.45, 2.75) is 44.3 Å². The maximum Gasteiger partial charge on any atom is 0.295 e. The first-order chi connectivity index (χ1) is 17.8. The minimum absolute atomic E-state index is 0. The molecule has 6 nitrogen and oxygen atoms in total. The predicted octanol–water partition coefficient (Wildman–Crippen LogP) is 6.35. The van der Waals surface area contributed by atoms with Gasteiger partial charge in [-0.2, -0.15) is 4.98 Å². The van der Waals surface area contributed by atoms with Crippen molar-refractivity contribution in [3.05, 3.63) is 90.0 Å². The molecule has 4 aromatic rings. The number of unbranched alkanes of at least 4 members (excludes halogenated alkanes) is 1. The third-order valence-electron chi connectivity index (χ3n) is 7.20. The first kappa shape index (κ1) is 27.0. The number of fused-ring (bicyclic) bond motifs is 1. The number of piperidine rings is 1. The Morgan fingerprint density at radius 1 is 0.973 bits per heavy atom. The van der Waals surface area contributed by atoms with E-state index in [2.05, 4.69) is 63.4 Å². The lowest BCUT2D eigenvalue weighted by Crippen LogP contribution is -2.51. The predicted molar refractivity (Wildman–Crippen MR) is 153 cm³/mol. The minimum Gasteiger partial charge on any atom is -0.496 e. The molecule has 3 N–H and O–H groups in total. The van der Waals surface area contributed by atoms with Crippen molar-refractivity contribution in [3.63, 3.8) is 0 Å². The fourth-order valence-corrected chi connectivity index (χ4v) is 5.35. The number of aromatic nitrogens is 1. The van der Waals surface area contributed by atoms with E-state index >= 15 is 0 Å². The highest BCUT2D eigenvalue weighted by molar-refractivity contribution is 5.85. The van der Waals surface area contributed by atoms with Gasteiger partial charge in [0.15, 0.2) is 5.58 Å². The standard InChI is InChI=1S/C30H36N4O2.ClH/c1-35-26-16-7-5-14-24(26)21-33-29-23(18-20-31-28(29)22-11-3-2-4-12-22)13-9-10-19-32-30-34-25-15-6-8-17-27(25)36-30;/h2-8,11-12,14-17,23,28-29,31,33H,9-10,13,18-21H2,1H3,(H,32,34);1H. The molecular formula is C30H37ClN4O2. The van der Waals surface area contributed by atoms with Crippen molar-refractivity contribution in [1.82, 2.24) is 15.6 Å². The van der Waals surface area contributed by atoms with Gasteiger partial charge in [0.1, 0.15) is 11.3 Å². The van der Waals surface area contributed by atoms with Gasteiger partial charge in [-0.05, 0) is 55.5 Å². The maximum absolute atomic E-state index is 5.79. The van der Waals surface area contributed by atoms with Gasteiger partial charge in [-0.1, -0.05) is 67.1 Å². The molecule has 0 bridgehead atoms. The van der Waals surface area contributed by atoms with E-state index in [0.29, 0.717) is 18.0 Å². The molecule has 7 heteroatoms. The molecule has 0 radical (unpaired) electrons. The SMILES string of the molecule is COc1ccccc1CNC1C(CCCCNc2nc3ccccc3o2)CCNC1c1ccccc1.Cl. The normalized spacial score (nSPS) is 19.3. The zero-order chi connectivity index (χ0) is 24.6. The summed E-state index contributed by atoms with van der Waals surface area (Å²) in [7, 11) is 1.74. The zero-order valence-corrected chi connectivity index (χ0v) is 22.2. The molecule has 3 aromatic carbocycles. The van der Waals surface area contributed by atoms with Crippen molar-refractivity contribution >= 4 is 29.5 Å². The van der Waals surface area contributed by atoms with E-state index in [4.69, 9.17) is 9.15 Å². The van der Waals surface area contributed by atoms with Crippen LogP contribution in [0.3, 0.4) is 0 Å². The summed E-state index contributed by atoms with van der Waals surface area (Å²) in [5.74, 6) is 1.53. The second-order valence-electron chi connectivity index (χ2n) is 9.52. The number of hydrogen-bond acceptors (Lipinski definition) is 6. The number of anilines is 1. The lowest BCUT2D eigenvalue weighted by atomic mass is 9.80. The Bertz CT molecular complexity index is 1200. The summed E-state index contributed by atoms with van der Waals surface area (Å²) in [6.45, 7) is 2.69. The number of oxazole rings is 1. The number of methoxy groups -OCH3 is 1. The van der Waals surface area contributed by atoms with Crippen LogP contribution in [0.1, 0.15) is 42.9 Å². The number of rotatable bonds is 11. The number of hydrogen-bond donors (Lipinski definition) is 3. The summed E-state index contributed by atoms with van der Waals surface area (Å²) in [5, 5.41) is 11.1. The van der Waals surface area contributed by atoms with Gasteiger partial charge in [0.2, 0.25) is 0 Å². The van der Waals surface area contributed by atoms with E-state index in [1.165, 1.54) is 24.0 Å². The number of ether oxygens (including phenoxy) is 1. The van der Waals surface area contributed by atoms with E-state index in [0.717, 1.165) is 49.3 Å². The van der Waals surface area contributed by atoms with Gasteiger partial charge < -0.3 is 25.1 Å². The van der Waals surface area contributed by atoms with Gasteiger partial charge in [0.25, 0.3) is 6.01 Å². The molecule has 0 aliphatic carbocycles. The van der Waals surface area contributed by atoms with Crippen LogP contribution in [0.5, 0.6) is 5.75 Å². The average molecular weight is 521 g/mol. The molecule has 1 saturated heterocycles. The van der Waals surface area contributed by atoms with Crippen LogP contribution in [0.4, 0.5) is 6.01 Å². The number of benzene rings is 3. The topological polar surface area (TPSA) is 71.3 Å². The van der Waals surface area contributed by atoms with Crippen LogP contribution in [-0.2, 0) is 6.54 Å². The van der Waals surface area contributed by atoms with Crippen LogP contribution < -0.4 is 20.7 Å². The molecule has 0 saturated carbocycles. The molecule has 1 aliphatic heterocycles. The van der Waals surface area contributed by atoms with Crippen LogP contribution in [0.2, 0.25) is 0 Å². The Balaban J connectivity index is 0.00000320. The van der Waals surface area contributed by atoms with E-state index < -0.39 is 0 Å². The number of halogens is 1. The van der Waals surface area contributed by atoms with Gasteiger partial charge in [-0.25, -0.2) is 0 Å². The third kappa shape index (κ3) is 6.83. The molecule has 1 aromatic heterocycles. The third-order valence-corrected chi connectivity index (χ3v) is 7.20. The second kappa shape index (κ2) is 13.5. The van der Waals surface area contributed by atoms with E-state index in [9.17, 15) is 0 Å². The summed E-state index contributed by atoms with van der Waals surface area (Å²) < 4.78 is 11.4. The van der Waals surface area contributed by atoms with Crippen molar-refractivity contribution < 1.29 is 9.15 Å². The molecule has 0 spiro atoms. The summed E-state index contributed by atoms with van der Waals surface area (Å²) in [6, 6.07) is 28.2.